The van der Waals surface area contributed by atoms with Crippen molar-refractivity contribution in [1.82, 2.24) is 10.3 Å². The maximum absolute atomic E-state index is 12.5. The zero-order chi connectivity index (χ0) is 15.7. The number of likely N-dealkylation sites (N-methyl/N-ethyl adjacent to an activating group) is 1. The minimum atomic E-state index is -4.41. The van der Waals surface area contributed by atoms with Gasteiger partial charge in [0, 0.05) is 19.8 Å². The van der Waals surface area contributed by atoms with E-state index in [4.69, 9.17) is 4.74 Å². The summed E-state index contributed by atoms with van der Waals surface area (Å²) >= 11 is 0. The second kappa shape index (κ2) is 5.51. The molecular weight excluding hydrogens is 287 g/mol. The minimum Gasteiger partial charge on any atom is -0.362 e. The molecule has 8 heteroatoms. The monoisotopic (exact) mass is 303 g/mol. The van der Waals surface area contributed by atoms with Gasteiger partial charge in [-0.25, -0.2) is 4.98 Å². The molecule has 116 valence electrons. The molecule has 1 N–H and O–H groups in total. The summed E-state index contributed by atoms with van der Waals surface area (Å²) in [7, 11) is 1.51. The van der Waals surface area contributed by atoms with Crippen molar-refractivity contribution >= 4 is 11.7 Å². The lowest BCUT2D eigenvalue weighted by molar-refractivity contribution is -0.145. The molecule has 0 aromatic carbocycles. The summed E-state index contributed by atoms with van der Waals surface area (Å²) in [6.45, 7) is 2.63. The number of rotatable bonds is 2. The average molecular weight is 303 g/mol. The molecular formula is C13H16F3N3O2. The van der Waals surface area contributed by atoms with Crippen LogP contribution in [0.15, 0.2) is 18.3 Å². The molecule has 1 aromatic rings. The van der Waals surface area contributed by atoms with Gasteiger partial charge in [-0.3, -0.25) is 4.79 Å². The highest BCUT2D eigenvalue weighted by Crippen LogP contribution is 2.30. The standard InChI is InChI=1S/C13H16F3N3O2/c1-12(11(20)17-2)8-19(5-6-21-12)10-4-3-9(7-18-10)13(14,15)16/h3-4,7H,5-6,8H2,1-2H3,(H,17,20). The van der Waals surface area contributed by atoms with Gasteiger partial charge < -0.3 is 15.0 Å². The third-order valence-electron chi connectivity index (χ3n) is 3.38. The number of nitrogens with one attached hydrogen (secondary N) is 1. The number of carbonyl (C=O) groups is 1. The predicted molar refractivity (Wildman–Crippen MR) is 69.9 cm³/mol. The molecule has 21 heavy (non-hydrogen) atoms. The van der Waals surface area contributed by atoms with Gasteiger partial charge in [0.25, 0.3) is 5.91 Å². The molecule has 0 saturated carbocycles. The molecule has 1 atom stereocenters. The molecule has 1 amide bonds. The van der Waals surface area contributed by atoms with Gasteiger partial charge in [0.15, 0.2) is 5.60 Å². The molecule has 1 aromatic heterocycles. The number of morpholine rings is 1. The number of nitrogens with zero attached hydrogens (tertiary/aromatic N) is 2. The van der Waals surface area contributed by atoms with Crippen LogP contribution >= 0.6 is 0 Å². The lowest BCUT2D eigenvalue weighted by Gasteiger charge is -2.39. The fourth-order valence-corrected chi connectivity index (χ4v) is 2.21. The third-order valence-corrected chi connectivity index (χ3v) is 3.38. The second-order valence-electron chi connectivity index (χ2n) is 4.98. The number of pyridine rings is 1. The van der Waals surface area contributed by atoms with Crippen LogP contribution in [0.5, 0.6) is 0 Å². The molecule has 0 aliphatic carbocycles. The largest absolute Gasteiger partial charge is 0.417 e. The lowest BCUT2D eigenvalue weighted by Crippen LogP contribution is -2.58. The minimum absolute atomic E-state index is 0.227. The Labute approximate surface area is 120 Å². The molecule has 1 saturated heterocycles. The zero-order valence-electron chi connectivity index (χ0n) is 11.7. The van der Waals surface area contributed by atoms with Crippen LogP contribution in [0.1, 0.15) is 12.5 Å². The highest BCUT2D eigenvalue weighted by Gasteiger charge is 2.39. The lowest BCUT2D eigenvalue weighted by atomic mass is 10.0. The maximum Gasteiger partial charge on any atom is 0.417 e. The number of hydrogen-bond donors (Lipinski definition) is 1. The molecule has 0 bridgehead atoms. The molecule has 5 nitrogen and oxygen atoms in total. The first kappa shape index (κ1) is 15.6. The number of alkyl halides is 3. The Balaban J connectivity index is 2.17. The van der Waals surface area contributed by atoms with Crippen LogP contribution in [0.2, 0.25) is 0 Å². The van der Waals surface area contributed by atoms with Gasteiger partial charge in [-0.1, -0.05) is 0 Å². The van der Waals surface area contributed by atoms with Gasteiger partial charge in [0.2, 0.25) is 0 Å². The topological polar surface area (TPSA) is 54.5 Å². The molecule has 1 aliphatic heterocycles. The van der Waals surface area contributed by atoms with E-state index in [1.807, 2.05) is 0 Å². The Bertz CT molecular complexity index is 518. The predicted octanol–water partition coefficient (Wildman–Crippen LogP) is 1.44. The Morgan fingerprint density at radius 2 is 2.19 bits per heavy atom. The first-order valence-electron chi connectivity index (χ1n) is 6.40. The fraction of sp³-hybridized carbons (Fsp3) is 0.538. The van der Waals surface area contributed by atoms with Gasteiger partial charge in [-0.15, -0.1) is 0 Å². The number of ether oxygens (including phenoxy) is 1. The number of anilines is 1. The van der Waals surface area contributed by atoms with Crippen molar-refractivity contribution in [3.05, 3.63) is 23.9 Å². The Morgan fingerprint density at radius 1 is 1.48 bits per heavy atom. The molecule has 1 aliphatic rings. The van der Waals surface area contributed by atoms with Crippen molar-refractivity contribution in [2.24, 2.45) is 0 Å². The van der Waals surface area contributed by atoms with E-state index in [9.17, 15) is 18.0 Å². The third kappa shape index (κ3) is 3.26. The van der Waals surface area contributed by atoms with E-state index in [0.717, 1.165) is 12.3 Å². The van der Waals surface area contributed by atoms with E-state index in [2.05, 4.69) is 10.3 Å². The molecule has 0 spiro atoms. The first-order chi connectivity index (χ1) is 9.76. The summed E-state index contributed by atoms with van der Waals surface area (Å²) in [5, 5.41) is 2.52. The second-order valence-corrected chi connectivity index (χ2v) is 4.98. The average Bonchev–Trinajstić information content (AvgIpc) is 2.45. The van der Waals surface area contributed by atoms with E-state index >= 15 is 0 Å². The van der Waals surface area contributed by atoms with E-state index in [0.29, 0.717) is 19.0 Å². The van der Waals surface area contributed by atoms with Gasteiger partial charge in [-0.05, 0) is 19.1 Å². The van der Waals surface area contributed by atoms with Crippen molar-refractivity contribution in [2.45, 2.75) is 18.7 Å². The van der Waals surface area contributed by atoms with E-state index in [1.165, 1.54) is 13.1 Å². The van der Waals surface area contributed by atoms with Crippen LogP contribution < -0.4 is 10.2 Å². The molecule has 2 rings (SSSR count). The first-order valence-corrected chi connectivity index (χ1v) is 6.40. The highest BCUT2D eigenvalue weighted by molar-refractivity contribution is 5.85. The fourth-order valence-electron chi connectivity index (χ4n) is 2.21. The zero-order valence-corrected chi connectivity index (χ0v) is 11.7. The van der Waals surface area contributed by atoms with Crippen LogP contribution in [-0.2, 0) is 15.7 Å². The van der Waals surface area contributed by atoms with Gasteiger partial charge in [0.05, 0.1) is 18.7 Å². The van der Waals surface area contributed by atoms with Crippen LogP contribution in [0.25, 0.3) is 0 Å². The van der Waals surface area contributed by atoms with Gasteiger partial charge >= 0.3 is 6.18 Å². The smallest absolute Gasteiger partial charge is 0.362 e. The quantitative estimate of drug-likeness (QED) is 0.898. The SMILES string of the molecule is CNC(=O)C1(C)CN(c2ccc(C(F)(F)F)cn2)CCO1. The highest BCUT2D eigenvalue weighted by atomic mass is 19.4. The summed E-state index contributed by atoms with van der Waals surface area (Å²) in [5.41, 5.74) is -1.84. The number of hydrogen-bond acceptors (Lipinski definition) is 4. The van der Waals surface area contributed by atoms with Crippen LogP contribution in [0, 0.1) is 0 Å². The van der Waals surface area contributed by atoms with E-state index in [1.54, 1.807) is 11.8 Å². The van der Waals surface area contributed by atoms with Crippen molar-refractivity contribution < 1.29 is 22.7 Å². The summed E-state index contributed by atoms with van der Waals surface area (Å²) < 4.78 is 43.0. The Kier molecular flexibility index (Phi) is 4.08. The summed E-state index contributed by atoms with van der Waals surface area (Å²) in [6.07, 6.45) is -3.62. The summed E-state index contributed by atoms with van der Waals surface area (Å²) in [6, 6.07) is 2.29. The summed E-state index contributed by atoms with van der Waals surface area (Å²) in [5.74, 6) is 0.112. The van der Waals surface area contributed by atoms with Crippen molar-refractivity contribution in [1.29, 1.82) is 0 Å². The molecule has 2 heterocycles. The van der Waals surface area contributed by atoms with Crippen molar-refractivity contribution in [3.8, 4) is 0 Å². The molecule has 1 unspecified atom stereocenters. The van der Waals surface area contributed by atoms with E-state index in [-0.39, 0.29) is 12.5 Å². The van der Waals surface area contributed by atoms with Gasteiger partial charge in [-0.2, -0.15) is 13.2 Å². The Hall–Kier alpha value is -1.83. The Morgan fingerprint density at radius 3 is 2.71 bits per heavy atom. The van der Waals surface area contributed by atoms with Crippen LogP contribution in [-0.4, -0.2) is 43.2 Å². The van der Waals surface area contributed by atoms with Crippen LogP contribution in [0.3, 0.4) is 0 Å². The molecule has 0 radical (unpaired) electrons. The van der Waals surface area contributed by atoms with E-state index < -0.39 is 17.3 Å². The number of carbonyl (C=O) groups excluding carboxylic acids is 1. The number of aromatic nitrogens is 1. The maximum atomic E-state index is 12.5. The van der Waals surface area contributed by atoms with Crippen molar-refractivity contribution in [2.75, 3.05) is 31.6 Å². The van der Waals surface area contributed by atoms with Crippen LogP contribution in [0.4, 0.5) is 19.0 Å². The normalized spacial score (nSPS) is 23.0. The van der Waals surface area contributed by atoms with Crippen molar-refractivity contribution in [3.63, 3.8) is 0 Å². The number of halogens is 3. The van der Waals surface area contributed by atoms with Gasteiger partial charge in [0.1, 0.15) is 5.82 Å². The number of amides is 1. The molecule has 1 fully saturated rings. The summed E-state index contributed by atoms with van der Waals surface area (Å²) in [4.78, 5) is 17.4.